The Labute approximate surface area is 212 Å². The van der Waals surface area contributed by atoms with Gasteiger partial charge in [-0.25, -0.2) is 0 Å². The highest BCUT2D eigenvalue weighted by Gasteiger charge is 2.16. The van der Waals surface area contributed by atoms with E-state index in [0.29, 0.717) is 35.7 Å². The Bertz CT molecular complexity index is 1140. The standard InChI is InChI=1S/C28H31N3O3S/c1-2-3-11-20-34-25-17-10-8-15-23(25)27(33)31-28(35)30-24-16-9-7-14-22(24)26(32)29-19-18-21-12-5-4-6-13-21/h4-10,12-17H,2-3,11,18-20H2,1H3,(H,29,32)(H2,30,31,33,35). The van der Waals surface area contributed by atoms with Crippen LogP contribution in [-0.4, -0.2) is 30.1 Å². The number of hydrogen-bond acceptors (Lipinski definition) is 4. The predicted molar refractivity (Wildman–Crippen MR) is 144 cm³/mol. The van der Waals surface area contributed by atoms with Crippen molar-refractivity contribution in [2.45, 2.75) is 32.6 Å². The molecule has 0 unspecified atom stereocenters. The van der Waals surface area contributed by atoms with Crippen molar-refractivity contribution in [3.05, 3.63) is 95.6 Å². The molecule has 3 N–H and O–H groups in total. The molecule has 7 heteroatoms. The van der Waals surface area contributed by atoms with Gasteiger partial charge in [0, 0.05) is 6.54 Å². The van der Waals surface area contributed by atoms with Gasteiger partial charge >= 0.3 is 0 Å². The van der Waals surface area contributed by atoms with Crippen LogP contribution in [0.3, 0.4) is 0 Å². The van der Waals surface area contributed by atoms with Crippen LogP contribution in [0.2, 0.25) is 0 Å². The zero-order chi connectivity index (χ0) is 24.9. The van der Waals surface area contributed by atoms with Gasteiger partial charge in [-0.2, -0.15) is 0 Å². The van der Waals surface area contributed by atoms with E-state index in [1.807, 2.05) is 36.4 Å². The second kappa shape index (κ2) is 13.9. The van der Waals surface area contributed by atoms with E-state index >= 15 is 0 Å². The number of unbranched alkanes of at least 4 members (excludes halogenated alkanes) is 2. The molecule has 3 rings (SSSR count). The van der Waals surface area contributed by atoms with Crippen LogP contribution in [0.15, 0.2) is 78.9 Å². The van der Waals surface area contributed by atoms with E-state index in [1.165, 1.54) is 0 Å². The van der Waals surface area contributed by atoms with Crippen molar-refractivity contribution in [1.82, 2.24) is 10.6 Å². The monoisotopic (exact) mass is 489 g/mol. The van der Waals surface area contributed by atoms with Gasteiger partial charge in [0.2, 0.25) is 0 Å². The predicted octanol–water partition coefficient (Wildman–Crippen LogP) is 5.35. The number of carbonyl (C=O) groups excluding carboxylic acids is 2. The fraction of sp³-hybridized carbons (Fsp3) is 0.250. The Morgan fingerprint density at radius 1 is 0.829 bits per heavy atom. The van der Waals surface area contributed by atoms with Gasteiger partial charge in [-0.05, 0) is 54.9 Å². The Morgan fingerprint density at radius 3 is 2.29 bits per heavy atom. The van der Waals surface area contributed by atoms with Crippen molar-refractivity contribution >= 4 is 34.8 Å². The Morgan fingerprint density at radius 2 is 1.51 bits per heavy atom. The minimum absolute atomic E-state index is 0.0975. The van der Waals surface area contributed by atoms with Crippen molar-refractivity contribution in [3.63, 3.8) is 0 Å². The molecule has 0 bridgehead atoms. The summed E-state index contributed by atoms with van der Waals surface area (Å²) in [5, 5.41) is 8.70. The molecule has 0 aliphatic heterocycles. The maximum absolute atomic E-state index is 12.9. The van der Waals surface area contributed by atoms with Gasteiger partial charge in [-0.1, -0.05) is 74.4 Å². The summed E-state index contributed by atoms with van der Waals surface area (Å²) in [5.41, 5.74) is 2.51. The van der Waals surface area contributed by atoms with Crippen LogP contribution in [-0.2, 0) is 6.42 Å². The molecule has 3 aromatic carbocycles. The highest BCUT2D eigenvalue weighted by Crippen LogP contribution is 2.19. The van der Waals surface area contributed by atoms with Gasteiger partial charge in [-0.3, -0.25) is 14.9 Å². The van der Waals surface area contributed by atoms with Gasteiger partial charge in [0.05, 0.1) is 23.4 Å². The summed E-state index contributed by atoms with van der Waals surface area (Å²) in [5.74, 6) is -0.0792. The van der Waals surface area contributed by atoms with Crippen LogP contribution in [0.25, 0.3) is 0 Å². The first-order chi connectivity index (χ1) is 17.1. The number of amides is 2. The zero-order valence-electron chi connectivity index (χ0n) is 19.9. The molecule has 0 heterocycles. The van der Waals surface area contributed by atoms with Crippen LogP contribution in [0.4, 0.5) is 5.69 Å². The van der Waals surface area contributed by atoms with E-state index in [0.717, 1.165) is 31.2 Å². The summed E-state index contributed by atoms with van der Waals surface area (Å²) in [6.45, 7) is 3.18. The first-order valence-electron chi connectivity index (χ1n) is 11.8. The quantitative estimate of drug-likeness (QED) is 0.250. The van der Waals surface area contributed by atoms with E-state index in [9.17, 15) is 9.59 Å². The van der Waals surface area contributed by atoms with Crippen molar-refractivity contribution < 1.29 is 14.3 Å². The second-order valence-corrected chi connectivity index (χ2v) is 8.41. The third kappa shape index (κ3) is 8.22. The Kier molecular flexibility index (Phi) is 10.3. The van der Waals surface area contributed by atoms with E-state index < -0.39 is 0 Å². The molecule has 0 aliphatic rings. The summed E-state index contributed by atoms with van der Waals surface area (Å²) in [7, 11) is 0. The van der Waals surface area contributed by atoms with Crippen molar-refractivity contribution in [3.8, 4) is 5.75 Å². The minimum Gasteiger partial charge on any atom is -0.493 e. The van der Waals surface area contributed by atoms with Crippen LogP contribution in [0.5, 0.6) is 5.75 Å². The first kappa shape index (κ1) is 25.9. The van der Waals surface area contributed by atoms with E-state index in [4.69, 9.17) is 17.0 Å². The molecule has 0 saturated carbocycles. The highest BCUT2D eigenvalue weighted by molar-refractivity contribution is 7.80. The topological polar surface area (TPSA) is 79.5 Å². The number of hydrogen-bond donors (Lipinski definition) is 3. The van der Waals surface area contributed by atoms with Gasteiger partial charge in [0.25, 0.3) is 11.8 Å². The molecular weight excluding hydrogens is 458 g/mol. The number of benzene rings is 3. The van der Waals surface area contributed by atoms with Crippen LogP contribution in [0.1, 0.15) is 52.5 Å². The van der Waals surface area contributed by atoms with E-state index in [2.05, 4.69) is 22.9 Å². The Hall–Kier alpha value is -3.71. The largest absolute Gasteiger partial charge is 0.493 e. The van der Waals surface area contributed by atoms with E-state index in [1.54, 1.807) is 42.5 Å². The first-order valence-corrected chi connectivity index (χ1v) is 12.2. The summed E-state index contributed by atoms with van der Waals surface area (Å²) in [4.78, 5) is 25.6. The number of nitrogens with one attached hydrogen (secondary N) is 3. The third-order valence-electron chi connectivity index (χ3n) is 5.33. The lowest BCUT2D eigenvalue weighted by Crippen LogP contribution is -2.35. The normalized spacial score (nSPS) is 10.3. The number of para-hydroxylation sites is 2. The van der Waals surface area contributed by atoms with Gasteiger partial charge in [-0.15, -0.1) is 0 Å². The fourth-order valence-electron chi connectivity index (χ4n) is 3.49. The number of rotatable bonds is 11. The molecule has 0 fully saturated rings. The van der Waals surface area contributed by atoms with Gasteiger partial charge in [0.15, 0.2) is 5.11 Å². The maximum Gasteiger partial charge on any atom is 0.261 e. The molecule has 0 atom stereocenters. The molecule has 3 aromatic rings. The summed E-state index contributed by atoms with van der Waals surface area (Å²) < 4.78 is 5.80. The van der Waals surface area contributed by atoms with E-state index in [-0.39, 0.29) is 16.9 Å². The van der Waals surface area contributed by atoms with Crippen LogP contribution in [0, 0.1) is 0 Å². The second-order valence-electron chi connectivity index (χ2n) is 8.00. The smallest absolute Gasteiger partial charge is 0.261 e. The lowest BCUT2D eigenvalue weighted by molar-refractivity contribution is 0.0952. The molecule has 2 amide bonds. The molecule has 0 saturated heterocycles. The average Bonchev–Trinajstić information content (AvgIpc) is 2.87. The SMILES string of the molecule is CCCCCOc1ccccc1C(=O)NC(=S)Nc1ccccc1C(=O)NCCc1ccccc1. The molecular formula is C28H31N3O3S. The number of carbonyl (C=O) groups is 2. The number of thiocarbonyl (C=S) groups is 1. The maximum atomic E-state index is 12.9. The molecule has 0 aromatic heterocycles. The fourth-order valence-corrected chi connectivity index (χ4v) is 3.69. The van der Waals surface area contributed by atoms with Crippen molar-refractivity contribution in [1.29, 1.82) is 0 Å². The molecule has 6 nitrogen and oxygen atoms in total. The summed E-state index contributed by atoms with van der Waals surface area (Å²) in [6, 6.07) is 24.1. The molecule has 0 radical (unpaired) electrons. The Balaban J connectivity index is 1.58. The molecule has 0 aliphatic carbocycles. The van der Waals surface area contributed by atoms with Crippen molar-refractivity contribution in [2.75, 3.05) is 18.5 Å². The molecule has 182 valence electrons. The average molecular weight is 490 g/mol. The van der Waals surface area contributed by atoms with Gasteiger partial charge < -0.3 is 15.4 Å². The molecule has 0 spiro atoms. The van der Waals surface area contributed by atoms with Crippen LogP contribution >= 0.6 is 12.2 Å². The lowest BCUT2D eigenvalue weighted by Gasteiger charge is -2.15. The number of ether oxygens (including phenoxy) is 1. The summed E-state index contributed by atoms with van der Waals surface area (Å²) in [6.07, 6.45) is 3.83. The van der Waals surface area contributed by atoms with Crippen LogP contribution < -0.4 is 20.7 Å². The highest BCUT2D eigenvalue weighted by atomic mass is 32.1. The third-order valence-corrected chi connectivity index (χ3v) is 5.53. The summed E-state index contributed by atoms with van der Waals surface area (Å²) >= 11 is 5.36. The number of anilines is 1. The molecule has 35 heavy (non-hydrogen) atoms. The van der Waals surface area contributed by atoms with Gasteiger partial charge in [0.1, 0.15) is 5.75 Å². The minimum atomic E-state index is -0.376. The lowest BCUT2D eigenvalue weighted by atomic mass is 10.1. The van der Waals surface area contributed by atoms with Crippen molar-refractivity contribution in [2.24, 2.45) is 0 Å². The zero-order valence-corrected chi connectivity index (χ0v) is 20.7.